The second-order valence-electron chi connectivity index (χ2n) is 4.88. The van der Waals surface area contributed by atoms with Crippen molar-refractivity contribution in [2.75, 3.05) is 25.1 Å². The highest BCUT2D eigenvalue weighted by Gasteiger charge is 2.22. The Bertz CT molecular complexity index is 401. The number of rotatable bonds is 3. The van der Waals surface area contributed by atoms with Gasteiger partial charge in [0.1, 0.15) is 5.82 Å². The predicted molar refractivity (Wildman–Crippen MR) is 71.2 cm³/mol. The number of anilines is 1. The van der Waals surface area contributed by atoms with E-state index in [1.807, 2.05) is 13.0 Å². The van der Waals surface area contributed by atoms with Crippen LogP contribution in [0.3, 0.4) is 0 Å². The van der Waals surface area contributed by atoms with Crippen molar-refractivity contribution in [3.8, 4) is 0 Å². The standard InChI is InChI=1S/C14H21FN2O/c1-10(16)14-12(15)4-3-5-13(14)17-8-6-11(18-2)7-9-17/h3-5,10-11H,6-9,16H2,1-2H3/t10-/m1/s1. The fraction of sp³-hybridized carbons (Fsp3) is 0.571. The number of ether oxygens (including phenoxy) is 1. The molecule has 0 aliphatic carbocycles. The van der Waals surface area contributed by atoms with Gasteiger partial charge in [0.25, 0.3) is 0 Å². The molecule has 0 spiro atoms. The quantitative estimate of drug-likeness (QED) is 0.898. The summed E-state index contributed by atoms with van der Waals surface area (Å²) in [6, 6.07) is 4.89. The van der Waals surface area contributed by atoms with Crippen molar-refractivity contribution >= 4 is 5.69 Å². The van der Waals surface area contributed by atoms with Crippen molar-refractivity contribution in [2.45, 2.75) is 31.9 Å². The second kappa shape index (κ2) is 5.67. The van der Waals surface area contributed by atoms with E-state index in [4.69, 9.17) is 10.5 Å². The summed E-state index contributed by atoms with van der Waals surface area (Å²) in [5, 5.41) is 0. The van der Waals surface area contributed by atoms with Gasteiger partial charge in [0.15, 0.2) is 0 Å². The molecule has 1 aliphatic rings. The number of piperidine rings is 1. The zero-order valence-corrected chi connectivity index (χ0v) is 11.0. The Morgan fingerprint density at radius 1 is 1.39 bits per heavy atom. The third kappa shape index (κ3) is 2.65. The molecule has 2 N–H and O–H groups in total. The molecule has 1 saturated heterocycles. The van der Waals surface area contributed by atoms with Gasteiger partial charge in [-0.3, -0.25) is 0 Å². The molecule has 0 unspecified atom stereocenters. The Hall–Kier alpha value is -1.13. The van der Waals surface area contributed by atoms with Crippen molar-refractivity contribution in [3.63, 3.8) is 0 Å². The lowest BCUT2D eigenvalue weighted by atomic mass is 10.0. The molecule has 0 bridgehead atoms. The Labute approximate surface area is 108 Å². The summed E-state index contributed by atoms with van der Waals surface area (Å²) in [7, 11) is 1.75. The monoisotopic (exact) mass is 252 g/mol. The minimum absolute atomic E-state index is 0.212. The van der Waals surface area contributed by atoms with Crippen LogP contribution in [0.2, 0.25) is 0 Å². The molecular weight excluding hydrogens is 231 g/mol. The molecule has 0 saturated carbocycles. The average Bonchev–Trinajstić information content (AvgIpc) is 2.38. The summed E-state index contributed by atoms with van der Waals surface area (Å²) < 4.78 is 19.2. The first-order valence-electron chi connectivity index (χ1n) is 6.45. The first-order valence-corrected chi connectivity index (χ1v) is 6.45. The van der Waals surface area contributed by atoms with E-state index in [1.54, 1.807) is 13.2 Å². The Morgan fingerprint density at radius 3 is 2.61 bits per heavy atom. The largest absolute Gasteiger partial charge is 0.381 e. The van der Waals surface area contributed by atoms with Gasteiger partial charge >= 0.3 is 0 Å². The second-order valence-corrected chi connectivity index (χ2v) is 4.88. The fourth-order valence-corrected chi connectivity index (χ4v) is 2.58. The molecule has 1 atom stereocenters. The van der Waals surface area contributed by atoms with Crippen LogP contribution in [0.5, 0.6) is 0 Å². The molecule has 0 aromatic heterocycles. The molecule has 1 aliphatic heterocycles. The van der Waals surface area contributed by atoms with Crippen LogP contribution < -0.4 is 10.6 Å². The number of methoxy groups -OCH3 is 1. The van der Waals surface area contributed by atoms with E-state index in [0.717, 1.165) is 31.6 Å². The number of hydrogen-bond donors (Lipinski definition) is 1. The number of halogens is 1. The number of nitrogens with two attached hydrogens (primary N) is 1. The van der Waals surface area contributed by atoms with E-state index < -0.39 is 0 Å². The van der Waals surface area contributed by atoms with Gasteiger partial charge in [0.05, 0.1) is 6.10 Å². The third-order valence-corrected chi connectivity index (χ3v) is 3.60. The third-order valence-electron chi connectivity index (χ3n) is 3.60. The molecule has 2 rings (SSSR count). The van der Waals surface area contributed by atoms with E-state index >= 15 is 0 Å². The molecular formula is C14H21FN2O. The zero-order chi connectivity index (χ0) is 13.1. The summed E-state index contributed by atoms with van der Waals surface area (Å²) in [4.78, 5) is 2.21. The summed E-state index contributed by atoms with van der Waals surface area (Å²) in [6.45, 7) is 3.60. The van der Waals surface area contributed by atoms with Crippen LogP contribution in [-0.4, -0.2) is 26.3 Å². The summed E-state index contributed by atoms with van der Waals surface area (Å²) in [5.74, 6) is -0.212. The maximum atomic E-state index is 13.9. The molecule has 1 aromatic carbocycles. The maximum Gasteiger partial charge on any atom is 0.130 e. The van der Waals surface area contributed by atoms with Crippen molar-refractivity contribution in [1.82, 2.24) is 0 Å². The summed E-state index contributed by atoms with van der Waals surface area (Å²) in [6.07, 6.45) is 2.28. The zero-order valence-electron chi connectivity index (χ0n) is 11.0. The molecule has 18 heavy (non-hydrogen) atoms. The average molecular weight is 252 g/mol. The van der Waals surface area contributed by atoms with Crippen molar-refractivity contribution < 1.29 is 9.13 Å². The lowest BCUT2D eigenvalue weighted by Crippen LogP contribution is -2.37. The molecule has 0 amide bonds. The van der Waals surface area contributed by atoms with E-state index in [-0.39, 0.29) is 11.9 Å². The van der Waals surface area contributed by atoms with Crippen molar-refractivity contribution in [2.24, 2.45) is 5.73 Å². The van der Waals surface area contributed by atoms with Crippen LogP contribution in [0.4, 0.5) is 10.1 Å². The molecule has 0 radical (unpaired) electrons. The first-order chi connectivity index (χ1) is 8.63. The topological polar surface area (TPSA) is 38.5 Å². The van der Waals surface area contributed by atoms with Gasteiger partial charge < -0.3 is 15.4 Å². The van der Waals surface area contributed by atoms with Crippen LogP contribution in [0.15, 0.2) is 18.2 Å². The smallest absolute Gasteiger partial charge is 0.130 e. The Balaban J connectivity index is 2.21. The Kier molecular flexibility index (Phi) is 4.19. The minimum atomic E-state index is -0.290. The molecule has 1 aromatic rings. The predicted octanol–water partition coefficient (Wildman–Crippen LogP) is 2.46. The maximum absolute atomic E-state index is 13.9. The van der Waals surface area contributed by atoms with E-state index in [9.17, 15) is 4.39 Å². The minimum Gasteiger partial charge on any atom is -0.381 e. The van der Waals surface area contributed by atoms with Gasteiger partial charge in [-0.2, -0.15) is 0 Å². The van der Waals surface area contributed by atoms with Crippen LogP contribution in [0, 0.1) is 5.82 Å². The number of benzene rings is 1. The van der Waals surface area contributed by atoms with E-state index in [1.165, 1.54) is 6.07 Å². The van der Waals surface area contributed by atoms with Gasteiger partial charge in [0, 0.05) is 37.5 Å². The van der Waals surface area contributed by atoms with Crippen LogP contribution >= 0.6 is 0 Å². The highest BCUT2D eigenvalue weighted by Crippen LogP contribution is 2.30. The summed E-state index contributed by atoms with van der Waals surface area (Å²) >= 11 is 0. The molecule has 1 heterocycles. The lowest BCUT2D eigenvalue weighted by molar-refractivity contribution is 0.0819. The lowest BCUT2D eigenvalue weighted by Gasteiger charge is -2.34. The van der Waals surface area contributed by atoms with Crippen LogP contribution in [0.1, 0.15) is 31.4 Å². The van der Waals surface area contributed by atoms with Crippen LogP contribution in [0.25, 0.3) is 0 Å². The van der Waals surface area contributed by atoms with Gasteiger partial charge in [-0.05, 0) is 31.9 Å². The SMILES string of the molecule is COC1CCN(c2cccc(F)c2[C@@H](C)N)CC1. The van der Waals surface area contributed by atoms with Crippen molar-refractivity contribution in [3.05, 3.63) is 29.6 Å². The molecule has 1 fully saturated rings. The van der Waals surface area contributed by atoms with Gasteiger partial charge in [-0.25, -0.2) is 4.39 Å². The van der Waals surface area contributed by atoms with Gasteiger partial charge in [0.2, 0.25) is 0 Å². The van der Waals surface area contributed by atoms with Gasteiger partial charge in [-0.1, -0.05) is 6.07 Å². The normalized spacial score (nSPS) is 19.0. The number of nitrogens with zero attached hydrogens (tertiary/aromatic N) is 1. The van der Waals surface area contributed by atoms with Crippen molar-refractivity contribution in [1.29, 1.82) is 0 Å². The number of hydrogen-bond acceptors (Lipinski definition) is 3. The van der Waals surface area contributed by atoms with Crippen LogP contribution in [-0.2, 0) is 4.74 Å². The molecule has 100 valence electrons. The Morgan fingerprint density at radius 2 is 2.06 bits per heavy atom. The highest BCUT2D eigenvalue weighted by atomic mass is 19.1. The molecule has 3 nitrogen and oxygen atoms in total. The van der Waals surface area contributed by atoms with E-state index in [0.29, 0.717) is 11.7 Å². The molecule has 4 heteroatoms. The van der Waals surface area contributed by atoms with Gasteiger partial charge in [-0.15, -0.1) is 0 Å². The fourth-order valence-electron chi connectivity index (χ4n) is 2.58. The highest BCUT2D eigenvalue weighted by molar-refractivity contribution is 5.55. The first kappa shape index (κ1) is 13.3. The summed E-state index contributed by atoms with van der Waals surface area (Å²) in [5.41, 5.74) is 7.43. The van der Waals surface area contributed by atoms with E-state index in [2.05, 4.69) is 4.90 Å².